The van der Waals surface area contributed by atoms with Crippen LogP contribution in [0.3, 0.4) is 0 Å². The lowest BCUT2D eigenvalue weighted by Gasteiger charge is -2.20. The predicted octanol–water partition coefficient (Wildman–Crippen LogP) is 0.394. The molecule has 0 bridgehead atoms. The third-order valence-electron chi connectivity index (χ3n) is 4.21. The van der Waals surface area contributed by atoms with Crippen LogP contribution in [0.4, 0.5) is 0 Å². The molecule has 0 amide bonds. The van der Waals surface area contributed by atoms with Gasteiger partial charge < -0.3 is 35.8 Å². The van der Waals surface area contributed by atoms with E-state index in [0.717, 1.165) is 11.5 Å². The third-order valence-corrected chi connectivity index (χ3v) is 4.21. The lowest BCUT2D eigenvalue weighted by Crippen LogP contribution is -2.45. The highest BCUT2D eigenvalue weighted by molar-refractivity contribution is 5.97. The van der Waals surface area contributed by atoms with Crippen LogP contribution >= 0.6 is 0 Å². The van der Waals surface area contributed by atoms with Crippen molar-refractivity contribution < 1.29 is 8.83 Å². The number of hydrogen-bond acceptors (Lipinski definition) is 5. The molecule has 7 N–H and O–H groups in total. The number of hydrogen-bond donors (Lipinski definition) is 4. The van der Waals surface area contributed by atoms with Crippen LogP contribution in [0.1, 0.15) is 23.0 Å². The van der Waals surface area contributed by atoms with Gasteiger partial charge in [0.15, 0.2) is 11.9 Å². The molecule has 0 unspecified atom stereocenters. The Morgan fingerprint density at radius 2 is 1.56 bits per heavy atom. The van der Waals surface area contributed by atoms with E-state index in [9.17, 15) is 0 Å². The van der Waals surface area contributed by atoms with Gasteiger partial charge in [-0.05, 0) is 31.2 Å². The smallest absolute Gasteiger partial charge is 0.219 e. The highest BCUT2D eigenvalue weighted by Gasteiger charge is 2.10. The van der Waals surface area contributed by atoms with E-state index in [-0.39, 0.29) is 31.0 Å². The Kier molecular flexibility index (Phi) is 8.69. The number of aliphatic imine (C=N–C) groups is 4. The second kappa shape index (κ2) is 11.4. The van der Waals surface area contributed by atoms with Gasteiger partial charge in [0.25, 0.3) is 0 Å². The number of furan rings is 2. The van der Waals surface area contributed by atoms with Crippen molar-refractivity contribution in [2.45, 2.75) is 26.6 Å². The van der Waals surface area contributed by atoms with Gasteiger partial charge in [-0.2, -0.15) is 4.99 Å². The molecule has 12 nitrogen and oxygen atoms in total. The van der Waals surface area contributed by atoms with Crippen molar-refractivity contribution in [2.24, 2.45) is 37.2 Å². The zero-order valence-corrected chi connectivity index (χ0v) is 19.2. The van der Waals surface area contributed by atoms with Crippen molar-refractivity contribution in [2.75, 3.05) is 28.2 Å². The Hall–Kier alpha value is -3.96. The molecule has 0 saturated heterocycles. The van der Waals surface area contributed by atoms with Gasteiger partial charge in [-0.3, -0.25) is 10.3 Å². The van der Waals surface area contributed by atoms with E-state index < -0.39 is 0 Å². The summed E-state index contributed by atoms with van der Waals surface area (Å²) in [6.45, 7) is 2.92. The van der Waals surface area contributed by atoms with Crippen LogP contribution in [0.25, 0.3) is 0 Å². The summed E-state index contributed by atoms with van der Waals surface area (Å²) in [5.74, 6) is 4.03. The zero-order chi connectivity index (χ0) is 23.7. The standard InChI is InChI=1S/C20H32N10O2/c1-13-6-7-16(31-13)12-30(5)20(24-2)28-18(22)26-11-15-9-8-14(32-15)10-25-17(21)27-19(23)29(3)4/h6-9H,10-12H2,1-5H3,(H4,21,23,25,27)(H3,22,24,26,28). The Morgan fingerprint density at radius 1 is 0.938 bits per heavy atom. The van der Waals surface area contributed by atoms with E-state index in [1.165, 1.54) is 0 Å². The molecular formula is C20H32N10O2. The lowest BCUT2D eigenvalue weighted by molar-refractivity contribution is 0.394. The fourth-order valence-electron chi connectivity index (χ4n) is 2.52. The monoisotopic (exact) mass is 444 g/mol. The SMILES string of the molecule is CN=C(NC(N)=NCc1ccc(CN=C(N)N=C(N)N(C)C)o1)N(C)Cc1ccc(C)o1. The Labute approximate surface area is 187 Å². The molecule has 0 aliphatic rings. The summed E-state index contributed by atoms with van der Waals surface area (Å²) >= 11 is 0. The van der Waals surface area contributed by atoms with Crippen LogP contribution in [0, 0.1) is 6.92 Å². The fourth-order valence-corrected chi connectivity index (χ4v) is 2.52. The summed E-state index contributed by atoms with van der Waals surface area (Å²) in [6.07, 6.45) is 0. The van der Waals surface area contributed by atoms with Crippen LogP contribution in [-0.4, -0.2) is 61.8 Å². The summed E-state index contributed by atoms with van der Waals surface area (Å²) < 4.78 is 11.3. The first-order valence-electron chi connectivity index (χ1n) is 9.87. The Bertz CT molecular complexity index is 1000. The van der Waals surface area contributed by atoms with Crippen molar-refractivity contribution in [1.29, 1.82) is 0 Å². The highest BCUT2D eigenvalue weighted by atomic mass is 16.3. The second-order valence-electron chi connectivity index (χ2n) is 7.15. The molecule has 2 heterocycles. The molecule has 32 heavy (non-hydrogen) atoms. The number of guanidine groups is 4. The largest absolute Gasteiger partial charge is 0.464 e. The number of nitrogens with one attached hydrogen (secondary N) is 1. The molecule has 2 aromatic heterocycles. The van der Waals surface area contributed by atoms with Crippen LogP contribution < -0.4 is 22.5 Å². The first-order chi connectivity index (χ1) is 15.2. The molecule has 0 spiro atoms. The van der Waals surface area contributed by atoms with Gasteiger partial charge in [0.05, 0.1) is 6.54 Å². The summed E-state index contributed by atoms with van der Waals surface area (Å²) in [5.41, 5.74) is 17.5. The molecule has 12 heteroatoms. The molecule has 2 aromatic rings. The first kappa shape index (κ1) is 24.3. The summed E-state index contributed by atoms with van der Waals surface area (Å²) in [4.78, 5) is 20.1. The molecule has 0 radical (unpaired) electrons. The summed E-state index contributed by atoms with van der Waals surface area (Å²) in [7, 11) is 7.07. The minimum atomic E-state index is 0.0702. The minimum absolute atomic E-state index is 0.0702. The molecule has 0 aliphatic carbocycles. The highest BCUT2D eigenvalue weighted by Crippen LogP contribution is 2.11. The van der Waals surface area contributed by atoms with Crippen LogP contribution in [0.15, 0.2) is 53.1 Å². The van der Waals surface area contributed by atoms with Crippen molar-refractivity contribution in [3.63, 3.8) is 0 Å². The van der Waals surface area contributed by atoms with Crippen LogP contribution in [-0.2, 0) is 19.6 Å². The van der Waals surface area contributed by atoms with Gasteiger partial charge in [0.1, 0.15) is 36.1 Å². The number of nitrogens with two attached hydrogens (primary N) is 3. The van der Waals surface area contributed by atoms with E-state index >= 15 is 0 Å². The average molecular weight is 445 g/mol. The molecular weight excluding hydrogens is 412 g/mol. The molecule has 2 rings (SSSR count). The zero-order valence-electron chi connectivity index (χ0n) is 19.2. The predicted molar refractivity (Wildman–Crippen MR) is 126 cm³/mol. The number of aryl methyl sites for hydroxylation is 1. The van der Waals surface area contributed by atoms with Crippen molar-refractivity contribution in [3.05, 3.63) is 47.3 Å². The maximum atomic E-state index is 6.01. The molecule has 0 fully saturated rings. The van der Waals surface area contributed by atoms with Gasteiger partial charge in [-0.1, -0.05) is 0 Å². The fraction of sp³-hybridized carbons (Fsp3) is 0.400. The number of rotatable bonds is 6. The van der Waals surface area contributed by atoms with Crippen molar-refractivity contribution in [3.8, 4) is 0 Å². The second-order valence-corrected chi connectivity index (χ2v) is 7.15. The van der Waals surface area contributed by atoms with Gasteiger partial charge in [0, 0.05) is 28.2 Å². The van der Waals surface area contributed by atoms with Gasteiger partial charge in [-0.25, -0.2) is 9.98 Å². The van der Waals surface area contributed by atoms with E-state index in [1.807, 2.05) is 31.0 Å². The van der Waals surface area contributed by atoms with Gasteiger partial charge in [-0.15, -0.1) is 0 Å². The summed E-state index contributed by atoms with van der Waals surface area (Å²) in [6, 6.07) is 7.43. The third kappa shape index (κ3) is 7.70. The van der Waals surface area contributed by atoms with E-state index in [0.29, 0.717) is 24.0 Å². The molecule has 0 aliphatic heterocycles. The van der Waals surface area contributed by atoms with E-state index in [2.05, 4.69) is 25.3 Å². The molecule has 174 valence electrons. The maximum absolute atomic E-state index is 6.01. The van der Waals surface area contributed by atoms with Crippen molar-refractivity contribution >= 4 is 23.8 Å². The molecule has 0 atom stereocenters. The molecule has 0 saturated carbocycles. The number of nitrogens with zero attached hydrogens (tertiary/aromatic N) is 6. The lowest BCUT2D eigenvalue weighted by atomic mass is 10.4. The Morgan fingerprint density at radius 3 is 2.12 bits per heavy atom. The Balaban J connectivity index is 1.89. The van der Waals surface area contributed by atoms with E-state index in [1.54, 1.807) is 38.2 Å². The van der Waals surface area contributed by atoms with Gasteiger partial charge >= 0.3 is 0 Å². The summed E-state index contributed by atoms with van der Waals surface area (Å²) in [5, 5.41) is 2.99. The van der Waals surface area contributed by atoms with Gasteiger partial charge in [0.2, 0.25) is 11.9 Å². The molecule has 0 aromatic carbocycles. The quantitative estimate of drug-likeness (QED) is 0.366. The average Bonchev–Trinajstić information content (AvgIpc) is 3.37. The normalized spacial score (nSPS) is 13.4. The first-order valence-corrected chi connectivity index (χ1v) is 9.87. The van der Waals surface area contributed by atoms with Crippen LogP contribution in [0.5, 0.6) is 0 Å². The minimum Gasteiger partial charge on any atom is -0.464 e. The van der Waals surface area contributed by atoms with E-state index in [4.69, 9.17) is 26.0 Å². The van der Waals surface area contributed by atoms with Crippen LogP contribution in [0.2, 0.25) is 0 Å². The van der Waals surface area contributed by atoms with Crippen molar-refractivity contribution in [1.82, 2.24) is 15.1 Å². The topological polar surface area (TPSA) is 172 Å². The maximum Gasteiger partial charge on any atom is 0.219 e.